The van der Waals surface area contributed by atoms with Crippen molar-refractivity contribution in [2.45, 2.75) is 4.90 Å². The van der Waals surface area contributed by atoms with Crippen LogP contribution in [0.5, 0.6) is 5.75 Å². The zero-order valence-electron chi connectivity index (χ0n) is 8.12. The van der Waals surface area contributed by atoms with Crippen LogP contribution in [0.3, 0.4) is 0 Å². The number of rotatable bonds is 2. The molecule has 0 fully saturated rings. The standard InChI is InChI=1S/C10H9NO4S/c11-15-9-6-5-7-3-1-2-4-8(7)10(9)16(12,13)14/h1-6H,11H2,(H,12,13,14). The molecule has 0 aliphatic carbocycles. The van der Waals surface area contributed by atoms with Crippen LogP contribution in [0.1, 0.15) is 0 Å². The highest BCUT2D eigenvalue weighted by Gasteiger charge is 2.20. The molecule has 0 atom stereocenters. The molecule has 3 N–H and O–H groups in total. The highest BCUT2D eigenvalue weighted by molar-refractivity contribution is 7.86. The second-order valence-electron chi connectivity index (χ2n) is 3.21. The molecule has 0 heterocycles. The third kappa shape index (κ3) is 1.73. The van der Waals surface area contributed by atoms with Gasteiger partial charge in [-0.15, -0.1) is 0 Å². The van der Waals surface area contributed by atoms with E-state index in [-0.39, 0.29) is 10.6 Å². The van der Waals surface area contributed by atoms with Crippen molar-refractivity contribution < 1.29 is 17.8 Å². The van der Waals surface area contributed by atoms with Crippen LogP contribution < -0.4 is 10.7 Å². The Bertz CT molecular complexity index is 636. The minimum Gasteiger partial charge on any atom is -0.410 e. The Labute approximate surface area is 92.1 Å². The van der Waals surface area contributed by atoms with Crippen LogP contribution in [0, 0.1) is 0 Å². The minimum absolute atomic E-state index is 0.0822. The summed E-state index contributed by atoms with van der Waals surface area (Å²) >= 11 is 0. The van der Waals surface area contributed by atoms with Crippen molar-refractivity contribution in [3.63, 3.8) is 0 Å². The van der Waals surface area contributed by atoms with Crippen LogP contribution in [-0.2, 0) is 10.1 Å². The zero-order chi connectivity index (χ0) is 11.8. The second kappa shape index (κ2) is 3.75. The van der Waals surface area contributed by atoms with Gasteiger partial charge in [-0.3, -0.25) is 4.55 Å². The van der Waals surface area contributed by atoms with E-state index >= 15 is 0 Å². The maximum atomic E-state index is 11.2. The summed E-state index contributed by atoms with van der Waals surface area (Å²) in [4.78, 5) is 4.13. The smallest absolute Gasteiger partial charge is 0.298 e. The first kappa shape index (κ1) is 10.9. The summed E-state index contributed by atoms with van der Waals surface area (Å²) in [6, 6.07) is 9.78. The Hall–Kier alpha value is -1.63. The van der Waals surface area contributed by atoms with Gasteiger partial charge in [0.1, 0.15) is 4.90 Å². The van der Waals surface area contributed by atoms with E-state index in [1.165, 1.54) is 6.07 Å². The van der Waals surface area contributed by atoms with E-state index in [4.69, 9.17) is 10.4 Å². The fourth-order valence-electron chi connectivity index (χ4n) is 1.58. The summed E-state index contributed by atoms with van der Waals surface area (Å²) in [6.07, 6.45) is 0. The van der Waals surface area contributed by atoms with E-state index in [1.807, 2.05) is 0 Å². The molecule has 0 aliphatic heterocycles. The van der Waals surface area contributed by atoms with Gasteiger partial charge in [-0.25, -0.2) is 0 Å². The van der Waals surface area contributed by atoms with E-state index < -0.39 is 10.1 Å². The van der Waals surface area contributed by atoms with Crippen molar-refractivity contribution in [3.05, 3.63) is 36.4 Å². The lowest BCUT2D eigenvalue weighted by atomic mass is 10.1. The Kier molecular flexibility index (Phi) is 2.55. The first-order valence-corrected chi connectivity index (χ1v) is 5.84. The second-order valence-corrected chi connectivity index (χ2v) is 4.57. The Morgan fingerprint density at radius 3 is 2.44 bits per heavy atom. The first-order chi connectivity index (χ1) is 7.54. The highest BCUT2D eigenvalue weighted by Crippen LogP contribution is 2.31. The van der Waals surface area contributed by atoms with E-state index in [2.05, 4.69) is 4.84 Å². The fourth-order valence-corrected chi connectivity index (χ4v) is 2.42. The van der Waals surface area contributed by atoms with Crippen molar-refractivity contribution in [2.24, 2.45) is 5.90 Å². The van der Waals surface area contributed by atoms with E-state index in [0.717, 1.165) is 0 Å². The Morgan fingerprint density at radius 1 is 1.12 bits per heavy atom. The monoisotopic (exact) mass is 239 g/mol. The van der Waals surface area contributed by atoms with Gasteiger partial charge in [0.05, 0.1) is 0 Å². The van der Waals surface area contributed by atoms with Gasteiger partial charge < -0.3 is 4.84 Å². The predicted octanol–water partition coefficient (Wildman–Crippen LogP) is 1.34. The topological polar surface area (TPSA) is 89.6 Å². The SMILES string of the molecule is NOc1ccc2ccccc2c1S(=O)(=O)O. The Balaban J connectivity index is 2.95. The summed E-state index contributed by atoms with van der Waals surface area (Å²) in [6.45, 7) is 0. The molecule has 0 amide bonds. The van der Waals surface area contributed by atoms with Gasteiger partial charge in [-0.05, 0) is 11.5 Å². The maximum Gasteiger partial charge on any atom is 0.298 e. The molecule has 0 unspecified atom stereocenters. The molecule has 0 saturated carbocycles. The molecule has 16 heavy (non-hydrogen) atoms. The number of hydrogen-bond acceptors (Lipinski definition) is 4. The van der Waals surface area contributed by atoms with Gasteiger partial charge in [0.25, 0.3) is 10.1 Å². The number of nitrogens with two attached hydrogens (primary N) is 1. The average molecular weight is 239 g/mol. The van der Waals surface area contributed by atoms with E-state index in [1.54, 1.807) is 30.3 Å². The minimum atomic E-state index is -4.38. The molecule has 84 valence electrons. The zero-order valence-corrected chi connectivity index (χ0v) is 8.94. The predicted molar refractivity (Wildman–Crippen MR) is 58.6 cm³/mol. The third-order valence-electron chi connectivity index (χ3n) is 2.23. The van der Waals surface area contributed by atoms with Crippen LogP contribution in [-0.4, -0.2) is 13.0 Å². The summed E-state index contributed by atoms with van der Waals surface area (Å²) in [5.41, 5.74) is 0. The molecule has 6 heteroatoms. The molecule has 0 aliphatic rings. The van der Waals surface area contributed by atoms with Crippen LogP contribution in [0.15, 0.2) is 41.3 Å². The first-order valence-electron chi connectivity index (χ1n) is 4.40. The van der Waals surface area contributed by atoms with Crippen LogP contribution in [0.25, 0.3) is 10.8 Å². The van der Waals surface area contributed by atoms with E-state index in [0.29, 0.717) is 10.8 Å². The van der Waals surface area contributed by atoms with Crippen molar-refractivity contribution in [2.75, 3.05) is 0 Å². The number of hydrogen-bond donors (Lipinski definition) is 2. The van der Waals surface area contributed by atoms with Crippen molar-refractivity contribution >= 4 is 20.9 Å². The summed E-state index contributed by atoms with van der Waals surface area (Å²) in [5.74, 6) is 4.88. The number of fused-ring (bicyclic) bond motifs is 1. The fraction of sp³-hybridized carbons (Fsp3) is 0. The molecule has 0 radical (unpaired) electrons. The molecule has 0 spiro atoms. The molecular weight excluding hydrogens is 230 g/mol. The van der Waals surface area contributed by atoms with Gasteiger partial charge in [0, 0.05) is 5.39 Å². The molecule has 0 saturated heterocycles. The molecular formula is C10H9NO4S. The molecule has 2 rings (SSSR count). The van der Waals surface area contributed by atoms with Crippen LogP contribution >= 0.6 is 0 Å². The summed E-state index contributed by atoms with van der Waals surface area (Å²) < 4.78 is 31.6. The van der Waals surface area contributed by atoms with Gasteiger partial charge in [-0.1, -0.05) is 30.3 Å². The highest BCUT2D eigenvalue weighted by atomic mass is 32.2. The van der Waals surface area contributed by atoms with Gasteiger partial charge in [-0.2, -0.15) is 14.3 Å². The van der Waals surface area contributed by atoms with Crippen LogP contribution in [0.2, 0.25) is 0 Å². The largest absolute Gasteiger partial charge is 0.410 e. The molecule has 0 aromatic heterocycles. The molecule has 0 bridgehead atoms. The van der Waals surface area contributed by atoms with Gasteiger partial charge in [0.15, 0.2) is 5.75 Å². The van der Waals surface area contributed by atoms with Gasteiger partial charge >= 0.3 is 0 Å². The lowest BCUT2D eigenvalue weighted by Gasteiger charge is -2.08. The lowest BCUT2D eigenvalue weighted by molar-refractivity contribution is 0.324. The van der Waals surface area contributed by atoms with Gasteiger partial charge in [0.2, 0.25) is 0 Å². The summed E-state index contributed by atoms with van der Waals surface area (Å²) in [5, 5.41) is 1.05. The molecule has 5 nitrogen and oxygen atoms in total. The maximum absolute atomic E-state index is 11.2. The molecule has 2 aromatic carbocycles. The van der Waals surface area contributed by atoms with Crippen molar-refractivity contribution in [1.29, 1.82) is 0 Å². The average Bonchev–Trinajstić information content (AvgIpc) is 2.26. The van der Waals surface area contributed by atoms with E-state index in [9.17, 15) is 8.42 Å². The van der Waals surface area contributed by atoms with Crippen molar-refractivity contribution in [3.8, 4) is 5.75 Å². The molecule has 2 aromatic rings. The Morgan fingerprint density at radius 2 is 1.81 bits per heavy atom. The number of benzene rings is 2. The lowest BCUT2D eigenvalue weighted by Crippen LogP contribution is -2.08. The third-order valence-corrected chi connectivity index (χ3v) is 3.17. The quantitative estimate of drug-likeness (QED) is 0.609. The van der Waals surface area contributed by atoms with Crippen LogP contribution in [0.4, 0.5) is 0 Å². The summed E-state index contributed by atoms with van der Waals surface area (Å²) in [7, 11) is -4.38. The normalized spacial score (nSPS) is 11.6. The van der Waals surface area contributed by atoms with Crippen molar-refractivity contribution in [1.82, 2.24) is 0 Å².